The highest BCUT2D eigenvalue weighted by molar-refractivity contribution is 4.79. The van der Waals surface area contributed by atoms with E-state index in [1.54, 1.807) is 0 Å². The van der Waals surface area contributed by atoms with Crippen LogP contribution in [-0.4, -0.2) is 17.3 Å². The molecule has 2 nitrogen and oxygen atoms in total. The van der Waals surface area contributed by atoms with Crippen molar-refractivity contribution >= 4 is 0 Å². The van der Waals surface area contributed by atoms with E-state index in [1.165, 1.54) is 32.1 Å². The third-order valence-electron chi connectivity index (χ3n) is 2.88. The first-order chi connectivity index (χ1) is 7.68. The zero-order chi connectivity index (χ0) is 12.2. The van der Waals surface area contributed by atoms with Crippen LogP contribution in [0.25, 0.3) is 0 Å². The van der Waals surface area contributed by atoms with Crippen molar-refractivity contribution < 1.29 is 5.11 Å². The number of rotatable bonds is 10. The zero-order valence-electron chi connectivity index (χ0n) is 11.0. The summed E-state index contributed by atoms with van der Waals surface area (Å²) in [7, 11) is 0. The Morgan fingerprint density at radius 3 is 2.31 bits per heavy atom. The first-order valence-electron chi connectivity index (χ1n) is 6.77. The SMILES string of the molecule is CC/C=C/CCCCCCC[C@@H](O)C(C)N. The fraction of sp³-hybridized carbons (Fsp3) is 0.857. The molecule has 2 atom stereocenters. The number of hydrogen-bond acceptors (Lipinski definition) is 2. The lowest BCUT2D eigenvalue weighted by molar-refractivity contribution is 0.138. The Bertz CT molecular complexity index is 166. The summed E-state index contributed by atoms with van der Waals surface area (Å²) in [6.45, 7) is 4.03. The van der Waals surface area contributed by atoms with E-state index >= 15 is 0 Å². The molecule has 0 heterocycles. The Morgan fingerprint density at radius 2 is 1.69 bits per heavy atom. The lowest BCUT2D eigenvalue weighted by Gasteiger charge is -2.13. The van der Waals surface area contributed by atoms with Crippen LogP contribution in [0.15, 0.2) is 12.2 Å². The van der Waals surface area contributed by atoms with Gasteiger partial charge in [0.1, 0.15) is 0 Å². The Morgan fingerprint density at radius 1 is 1.06 bits per heavy atom. The fourth-order valence-corrected chi connectivity index (χ4v) is 1.69. The molecule has 0 aromatic heterocycles. The molecule has 0 aliphatic heterocycles. The molecule has 0 saturated carbocycles. The van der Waals surface area contributed by atoms with Crippen LogP contribution in [0, 0.1) is 0 Å². The van der Waals surface area contributed by atoms with Crippen molar-refractivity contribution in [2.24, 2.45) is 5.73 Å². The van der Waals surface area contributed by atoms with Crippen molar-refractivity contribution in [2.45, 2.75) is 77.4 Å². The van der Waals surface area contributed by atoms with Crippen molar-refractivity contribution in [3.05, 3.63) is 12.2 Å². The fourth-order valence-electron chi connectivity index (χ4n) is 1.69. The number of aliphatic hydroxyl groups excluding tert-OH is 1. The first-order valence-corrected chi connectivity index (χ1v) is 6.77. The molecule has 0 amide bonds. The average molecular weight is 227 g/mol. The standard InChI is InChI=1S/C14H29NO/c1-3-4-5-6-7-8-9-10-11-12-14(16)13(2)15/h4-5,13-14,16H,3,6-12,15H2,1-2H3/b5-4+/t13?,14-/m1/s1. The van der Waals surface area contributed by atoms with E-state index in [0.29, 0.717) is 0 Å². The molecular formula is C14H29NO. The van der Waals surface area contributed by atoms with Gasteiger partial charge < -0.3 is 10.8 Å². The number of nitrogens with two attached hydrogens (primary N) is 1. The monoisotopic (exact) mass is 227 g/mol. The topological polar surface area (TPSA) is 46.2 Å². The Kier molecular flexibility index (Phi) is 10.9. The van der Waals surface area contributed by atoms with Crippen LogP contribution < -0.4 is 5.73 Å². The summed E-state index contributed by atoms with van der Waals surface area (Å²) in [6, 6.07) is -0.0841. The van der Waals surface area contributed by atoms with Gasteiger partial charge in [0.05, 0.1) is 6.10 Å². The smallest absolute Gasteiger partial charge is 0.0688 e. The van der Waals surface area contributed by atoms with E-state index in [1.807, 2.05) is 6.92 Å². The number of aliphatic hydroxyl groups is 1. The molecule has 96 valence electrons. The summed E-state index contributed by atoms with van der Waals surface area (Å²) in [5.74, 6) is 0. The van der Waals surface area contributed by atoms with E-state index in [2.05, 4.69) is 19.1 Å². The van der Waals surface area contributed by atoms with Crippen molar-refractivity contribution in [1.82, 2.24) is 0 Å². The van der Waals surface area contributed by atoms with Crippen LogP contribution in [0.4, 0.5) is 0 Å². The number of allylic oxidation sites excluding steroid dienone is 2. The zero-order valence-corrected chi connectivity index (χ0v) is 11.0. The lowest BCUT2D eigenvalue weighted by atomic mass is 10.0. The van der Waals surface area contributed by atoms with Gasteiger partial charge in [0, 0.05) is 6.04 Å². The highest BCUT2D eigenvalue weighted by atomic mass is 16.3. The summed E-state index contributed by atoms with van der Waals surface area (Å²) in [5.41, 5.74) is 5.59. The molecule has 0 radical (unpaired) electrons. The Hall–Kier alpha value is -0.340. The second-order valence-corrected chi connectivity index (χ2v) is 4.65. The van der Waals surface area contributed by atoms with Gasteiger partial charge in [-0.3, -0.25) is 0 Å². The predicted octanol–water partition coefficient (Wildman–Crippen LogP) is 3.39. The van der Waals surface area contributed by atoms with Crippen LogP contribution in [0.1, 0.15) is 65.2 Å². The maximum absolute atomic E-state index is 9.49. The van der Waals surface area contributed by atoms with E-state index in [4.69, 9.17) is 5.73 Å². The summed E-state index contributed by atoms with van der Waals surface area (Å²) >= 11 is 0. The summed E-state index contributed by atoms with van der Waals surface area (Å²) in [5, 5.41) is 9.49. The molecule has 0 bridgehead atoms. The minimum atomic E-state index is -0.313. The molecule has 0 aliphatic rings. The van der Waals surface area contributed by atoms with Crippen molar-refractivity contribution in [3.63, 3.8) is 0 Å². The van der Waals surface area contributed by atoms with Crippen molar-refractivity contribution in [3.8, 4) is 0 Å². The molecule has 0 aliphatic carbocycles. The second-order valence-electron chi connectivity index (χ2n) is 4.65. The number of hydrogen-bond donors (Lipinski definition) is 2. The first kappa shape index (κ1) is 15.7. The van der Waals surface area contributed by atoms with Gasteiger partial charge >= 0.3 is 0 Å². The minimum Gasteiger partial charge on any atom is -0.392 e. The van der Waals surface area contributed by atoms with Gasteiger partial charge in [-0.15, -0.1) is 0 Å². The van der Waals surface area contributed by atoms with Gasteiger partial charge in [-0.25, -0.2) is 0 Å². The highest BCUT2D eigenvalue weighted by Crippen LogP contribution is 2.10. The largest absolute Gasteiger partial charge is 0.392 e. The van der Waals surface area contributed by atoms with E-state index in [-0.39, 0.29) is 12.1 Å². The summed E-state index contributed by atoms with van der Waals surface area (Å²) in [4.78, 5) is 0. The second kappa shape index (κ2) is 11.2. The molecule has 1 unspecified atom stereocenters. The maximum Gasteiger partial charge on any atom is 0.0688 e. The molecule has 16 heavy (non-hydrogen) atoms. The predicted molar refractivity (Wildman–Crippen MR) is 71.4 cm³/mol. The van der Waals surface area contributed by atoms with Gasteiger partial charge in [0.2, 0.25) is 0 Å². The maximum atomic E-state index is 9.49. The normalized spacial score (nSPS) is 15.5. The Balaban J connectivity index is 3.12. The third-order valence-corrected chi connectivity index (χ3v) is 2.88. The van der Waals surface area contributed by atoms with Crippen molar-refractivity contribution in [1.29, 1.82) is 0 Å². The molecule has 0 saturated heterocycles. The molecular weight excluding hydrogens is 198 g/mol. The highest BCUT2D eigenvalue weighted by Gasteiger charge is 2.07. The molecule has 2 heteroatoms. The summed E-state index contributed by atoms with van der Waals surface area (Å²) in [6.07, 6.45) is 13.6. The number of unbranched alkanes of at least 4 members (excludes halogenated alkanes) is 5. The summed E-state index contributed by atoms with van der Waals surface area (Å²) < 4.78 is 0. The lowest BCUT2D eigenvalue weighted by Crippen LogP contribution is -2.31. The third kappa shape index (κ3) is 10.2. The van der Waals surface area contributed by atoms with Crippen LogP contribution >= 0.6 is 0 Å². The van der Waals surface area contributed by atoms with Gasteiger partial charge in [-0.05, 0) is 32.6 Å². The molecule has 0 rings (SSSR count). The van der Waals surface area contributed by atoms with Gasteiger partial charge in [0.15, 0.2) is 0 Å². The molecule has 0 spiro atoms. The molecule has 0 aromatic carbocycles. The van der Waals surface area contributed by atoms with Gasteiger partial charge in [0.25, 0.3) is 0 Å². The van der Waals surface area contributed by atoms with Gasteiger partial charge in [-0.2, -0.15) is 0 Å². The molecule has 3 N–H and O–H groups in total. The van der Waals surface area contributed by atoms with E-state index in [9.17, 15) is 5.11 Å². The van der Waals surface area contributed by atoms with Crippen LogP contribution in [0.2, 0.25) is 0 Å². The minimum absolute atomic E-state index is 0.0841. The van der Waals surface area contributed by atoms with E-state index < -0.39 is 0 Å². The van der Waals surface area contributed by atoms with Gasteiger partial charge in [-0.1, -0.05) is 44.8 Å². The molecule has 0 aromatic rings. The quantitative estimate of drug-likeness (QED) is 0.444. The van der Waals surface area contributed by atoms with Crippen LogP contribution in [-0.2, 0) is 0 Å². The van der Waals surface area contributed by atoms with E-state index in [0.717, 1.165) is 19.3 Å². The molecule has 0 fully saturated rings. The Labute approximate surface area is 101 Å². The van der Waals surface area contributed by atoms with Crippen LogP contribution in [0.5, 0.6) is 0 Å². The average Bonchev–Trinajstić information content (AvgIpc) is 2.26. The van der Waals surface area contributed by atoms with Crippen LogP contribution in [0.3, 0.4) is 0 Å². The van der Waals surface area contributed by atoms with Crippen molar-refractivity contribution in [2.75, 3.05) is 0 Å².